The van der Waals surface area contributed by atoms with Gasteiger partial charge in [0, 0.05) is 19.1 Å². The van der Waals surface area contributed by atoms with Crippen LogP contribution in [0.3, 0.4) is 0 Å². The van der Waals surface area contributed by atoms with Crippen LogP contribution in [0, 0.1) is 17.6 Å². The highest BCUT2D eigenvalue weighted by molar-refractivity contribution is 5.92. The number of nitrogens with one attached hydrogen (secondary N) is 1. The molecule has 3 unspecified atom stereocenters. The third-order valence-electron chi connectivity index (χ3n) is 4.70. The molecule has 0 radical (unpaired) electrons. The molecule has 4 nitrogen and oxygen atoms in total. The summed E-state index contributed by atoms with van der Waals surface area (Å²) in [7, 11) is 0. The predicted molar refractivity (Wildman–Crippen MR) is 79.9 cm³/mol. The lowest BCUT2D eigenvalue weighted by Crippen LogP contribution is -2.43. The van der Waals surface area contributed by atoms with Gasteiger partial charge in [0.15, 0.2) is 17.4 Å². The third kappa shape index (κ3) is 2.53. The van der Waals surface area contributed by atoms with E-state index >= 15 is 0 Å². The number of rotatable bonds is 3. The monoisotopic (exact) mass is 318 g/mol. The van der Waals surface area contributed by atoms with E-state index in [4.69, 9.17) is 4.42 Å². The molecule has 23 heavy (non-hydrogen) atoms. The fourth-order valence-corrected chi connectivity index (χ4v) is 3.49. The molecule has 2 saturated heterocycles. The summed E-state index contributed by atoms with van der Waals surface area (Å²) in [6.07, 6.45) is 1.10. The lowest BCUT2D eigenvalue weighted by atomic mass is 10.00. The Bertz CT molecular complexity index is 759. The number of carbonyl (C=O) groups is 1. The molecule has 0 saturated carbocycles. The number of fused-ring (bicyclic) bond motifs is 2. The number of carbonyl (C=O) groups excluding carboxylic acids is 1. The first-order valence-corrected chi connectivity index (χ1v) is 7.69. The molecule has 6 heteroatoms. The Balaban J connectivity index is 1.51. The molecule has 120 valence electrons. The molecule has 2 aliphatic rings. The van der Waals surface area contributed by atoms with Gasteiger partial charge < -0.3 is 14.6 Å². The fraction of sp³-hybridized carbons (Fsp3) is 0.353. The molecule has 2 fully saturated rings. The van der Waals surface area contributed by atoms with Gasteiger partial charge in [-0.25, -0.2) is 8.78 Å². The Kier molecular flexibility index (Phi) is 3.41. The van der Waals surface area contributed by atoms with Crippen molar-refractivity contribution in [2.45, 2.75) is 12.5 Å². The highest BCUT2D eigenvalue weighted by atomic mass is 19.2. The smallest absolute Gasteiger partial charge is 0.287 e. The van der Waals surface area contributed by atoms with E-state index in [2.05, 4.69) is 10.2 Å². The predicted octanol–water partition coefficient (Wildman–Crippen LogP) is 2.66. The zero-order chi connectivity index (χ0) is 16.0. The zero-order valence-corrected chi connectivity index (χ0v) is 12.4. The molecule has 2 aliphatic heterocycles. The molecule has 3 heterocycles. The number of amides is 1. The molecule has 2 bridgehead atoms. The van der Waals surface area contributed by atoms with Gasteiger partial charge in [-0.05, 0) is 43.1 Å². The van der Waals surface area contributed by atoms with Crippen molar-refractivity contribution in [3.05, 3.63) is 47.7 Å². The van der Waals surface area contributed by atoms with Crippen molar-refractivity contribution in [3.63, 3.8) is 0 Å². The van der Waals surface area contributed by atoms with Gasteiger partial charge in [-0.2, -0.15) is 0 Å². The number of benzene rings is 1. The number of halogens is 2. The van der Waals surface area contributed by atoms with Gasteiger partial charge >= 0.3 is 0 Å². The molecule has 2 aromatic rings. The number of furan rings is 1. The highest BCUT2D eigenvalue weighted by Crippen LogP contribution is 2.29. The molecule has 3 atom stereocenters. The standard InChI is InChI=1S/C17H16F2N2O2/c18-12-3-1-2-11(16(12)19)14-4-5-15(23-14)17(22)20-13-9-21-7-6-10(13)8-21/h1-5,10,13H,6-9H2,(H,20,22). The summed E-state index contributed by atoms with van der Waals surface area (Å²) in [4.78, 5) is 14.6. The van der Waals surface area contributed by atoms with Gasteiger partial charge in [0.1, 0.15) is 5.76 Å². The van der Waals surface area contributed by atoms with Crippen molar-refractivity contribution < 1.29 is 18.0 Å². The van der Waals surface area contributed by atoms with E-state index in [1.807, 2.05) is 0 Å². The van der Waals surface area contributed by atoms with E-state index in [1.165, 1.54) is 24.3 Å². The van der Waals surface area contributed by atoms with Gasteiger partial charge in [0.05, 0.1) is 5.56 Å². The molecule has 1 amide bonds. The summed E-state index contributed by atoms with van der Waals surface area (Å²) >= 11 is 0. The second-order valence-corrected chi connectivity index (χ2v) is 6.15. The lowest BCUT2D eigenvalue weighted by Gasteiger charge is -2.22. The van der Waals surface area contributed by atoms with Crippen LogP contribution in [0.5, 0.6) is 0 Å². The van der Waals surface area contributed by atoms with Crippen LogP contribution in [0.2, 0.25) is 0 Å². The summed E-state index contributed by atoms with van der Waals surface area (Å²) in [5.74, 6) is -1.48. The first-order valence-electron chi connectivity index (χ1n) is 7.69. The van der Waals surface area contributed by atoms with Crippen LogP contribution >= 0.6 is 0 Å². The fourth-order valence-electron chi connectivity index (χ4n) is 3.49. The Labute approximate surface area is 132 Å². The quantitative estimate of drug-likeness (QED) is 0.946. The van der Waals surface area contributed by atoms with Crippen molar-refractivity contribution in [2.75, 3.05) is 19.6 Å². The molecular formula is C17H16F2N2O2. The van der Waals surface area contributed by atoms with E-state index in [1.54, 1.807) is 0 Å². The van der Waals surface area contributed by atoms with Crippen molar-refractivity contribution in [1.82, 2.24) is 10.2 Å². The number of nitrogens with zero attached hydrogens (tertiary/aromatic N) is 1. The van der Waals surface area contributed by atoms with Gasteiger partial charge in [0.25, 0.3) is 5.91 Å². The number of piperidine rings is 1. The summed E-state index contributed by atoms with van der Waals surface area (Å²) < 4.78 is 32.5. The molecule has 0 aliphatic carbocycles. The first kappa shape index (κ1) is 14.4. The minimum atomic E-state index is -0.977. The lowest BCUT2D eigenvalue weighted by molar-refractivity contribution is 0.0897. The molecule has 1 aromatic carbocycles. The normalized spacial score (nSPS) is 25.7. The van der Waals surface area contributed by atoms with Crippen molar-refractivity contribution in [3.8, 4) is 11.3 Å². The van der Waals surface area contributed by atoms with Crippen molar-refractivity contribution >= 4 is 5.91 Å². The summed E-state index contributed by atoms with van der Waals surface area (Å²) in [5.41, 5.74) is 0.00934. The average molecular weight is 318 g/mol. The highest BCUT2D eigenvalue weighted by Gasteiger charge is 2.38. The topological polar surface area (TPSA) is 45.5 Å². The van der Waals surface area contributed by atoms with Crippen LogP contribution in [0.15, 0.2) is 34.7 Å². The largest absolute Gasteiger partial charge is 0.451 e. The molecule has 1 aromatic heterocycles. The Morgan fingerprint density at radius 1 is 1.22 bits per heavy atom. The Morgan fingerprint density at radius 2 is 2.09 bits per heavy atom. The van der Waals surface area contributed by atoms with Crippen LogP contribution in [0.4, 0.5) is 8.78 Å². The van der Waals surface area contributed by atoms with Crippen LogP contribution in [0.1, 0.15) is 17.0 Å². The minimum Gasteiger partial charge on any atom is -0.451 e. The van der Waals surface area contributed by atoms with Gasteiger partial charge in [-0.15, -0.1) is 0 Å². The van der Waals surface area contributed by atoms with E-state index in [0.717, 1.165) is 32.1 Å². The summed E-state index contributed by atoms with van der Waals surface area (Å²) in [5, 5.41) is 2.98. The van der Waals surface area contributed by atoms with Crippen LogP contribution in [0.25, 0.3) is 11.3 Å². The number of hydrogen-bond acceptors (Lipinski definition) is 3. The second kappa shape index (κ2) is 5.45. The van der Waals surface area contributed by atoms with Crippen LogP contribution < -0.4 is 5.32 Å². The Hall–Kier alpha value is -2.21. The van der Waals surface area contributed by atoms with Crippen molar-refractivity contribution in [1.29, 1.82) is 0 Å². The minimum absolute atomic E-state index is 0.00934. The van der Waals surface area contributed by atoms with Crippen LogP contribution in [-0.4, -0.2) is 36.5 Å². The molecule has 4 rings (SSSR count). The van der Waals surface area contributed by atoms with Gasteiger partial charge in [-0.3, -0.25) is 4.79 Å². The maximum atomic E-state index is 13.8. The summed E-state index contributed by atoms with van der Waals surface area (Å²) in [6, 6.07) is 6.97. The van der Waals surface area contributed by atoms with Crippen molar-refractivity contribution in [2.24, 2.45) is 5.92 Å². The maximum Gasteiger partial charge on any atom is 0.287 e. The first-order chi connectivity index (χ1) is 11.1. The average Bonchev–Trinajstić information content (AvgIpc) is 3.25. The molecule has 0 spiro atoms. The van der Waals surface area contributed by atoms with Gasteiger partial charge in [0.2, 0.25) is 0 Å². The zero-order valence-electron chi connectivity index (χ0n) is 12.4. The van der Waals surface area contributed by atoms with E-state index in [9.17, 15) is 13.6 Å². The Morgan fingerprint density at radius 3 is 2.83 bits per heavy atom. The molecule has 1 N–H and O–H groups in total. The third-order valence-corrected chi connectivity index (χ3v) is 4.70. The van der Waals surface area contributed by atoms with Gasteiger partial charge in [-0.1, -0.05) is 6.07 Å². The van der Waals surface area contributed by atoms with E-state index < -0.39 is 11.6 Å². The number of hydrogen-bond donors (Lipinski definition) is 1. The van der Waals surface area contributed by atoms with Crippen LogP contribution in [-0.2, 0) is 0 Å². The van der Waals surface area contributed by atoms with E-state index in [-0.39, 0.29) is 29.0 Å². The summed E-state index contributed by atoms with van der Waals surface area (Å²) in [6.45, 7) is 2.99. The maximum absolute atomic E-state index is 13.8. The SMILES string of the molecule is O=C(NC1CN2CCC1C2)c1ccc(-c2cccc(F)c2F)o1. The van der Waals surface area contributed by atoms with E-state index in [0.29, 0.717) is 5.92 Å². The molecular weight excluding hydrogens is 302 g/mol. The second-order valence-electron chi connectivity index (χ2n) is 6.15.